The Morgan fingerprint density at radius 1 is 1.42 bits per heavy atom. The van der Waals surface area contributed by atoms with Crippen molar-refractivity contribution in [3.05, 3.63) is 45.4 Å². The first-order valence-corrected chi connectivity index (χ1v) is 7.75. The van der Waals surface area contributed by atoms with E-state index in [1.165, 1.54) is 0 Å². The molecule has 3 heterocycles. The number of ether oxygens (including phenoxy) is 3. The van der Waals surface area contributed by atoms with E-state index in [-0.39, 0.29) is 12.7 Å². The minimum absolute atomic E-state index is 0.0258. The molecular weight excluding hydrogens is 332 g/mol. The highest BCUT2D eigenvalue weighted by Crippen LogP contribution is 2.48. The van der Waals surface area contributed by atoms with Gasteiger partial charge in [-0.2, -0.15) is 5.26 Å². The highest BCUT2D eigenvalue weighted by molar-refractivity contribution is 6.31. The molecule has 0 radical (unpaired) electrons. The molecule has 2 aliphatic rings. The van der Waals surface area contributed by atoms with Crippen molar-refractivity contribution < 1.29 is 14.2 Å². The second-order valence-electron chi connectivity index (χ2n) is 5.43. The number of H-pyrrole nitrogens is 1. The van der Waals surface area contributed by atoms with Gasteiger partial charge >= 0.3 is 0 Å². The summed E-state index contributed by atoms with van der Waals surface area (Å²) in [5.41, 5.74) is 8.55. The summed E-state index contributed by atoms with van der Waals surface area (Å²) >= 11 is 6.46. The van der Waals surface area contributed by atoms with Crippen LogP contribution < -0.4 is 19.9 Å². The van der Waals surface area contributed by atoms with Gasteiger partial charge in [0, 0.05) is 16.8 Å². The van der Waals surface area contributed by atoms with E-state index in [0.29, 0.717) is 40.0 Å². The summed E-state index contributed by atoms with van der Waals surface area (Å²) < 4.78 is 16.3. The first kappa shape index (κ1) is 14.7. The molecular formula is C16H13ClN4O3. The lowest BCUT2D eigenvalue weighted by Crippen LogP contribution is -2.21. The van der Waals surface area contributed by atoms with Crippen molar-refractivity contribution in [2.45, 2.75) is 19.3 Å². The molecule has 2 aromatic rings. The van der Waals surface area contributed by atoms with E-state index in [1.54, 1.807) is 12.1 Å². The molecule has 24 heavy (non-hydrogen) atoms. The molecule has 4 rings (SSSR count). The molecule has 2 aliphatic heterocycles. The van der Waals surface area contributed by atoms with Crippen LogP contribution in [-0.2, 0) is 6.42 Å². The topological polar surface area (TPSA) is 106 Å². The monoisotopic (exact) mass is 344 g/mol. The standard InChI is InChI=1S/C16H13ClN4O3/c1-2-10-14-13(8(5-18)15(19)24-16(14)21-20-10)7-3-11-12(4-9(7)17)23-6-22-11/h3-4,13H,2,6,19H2,1H3,(H,20,21). The van der Waals surface area contributed by atoms with Crippen LogP contribution in [0.15, 0.2) is 23.6 Å². The van der Waals surface area contributed by atoms with Crippen LogP contribution in [0.3, 0.4) is 0 Å². The predicted molar refractivity (Wildman–Crippen MR) is 84.8 cm³/mol. The molecule has 122 valence electrons. The zero-order valence-corrected chi connectivity index (χ0v) is 13.5. The molecule has 3 N–H and O–H groups in total. The molecule has 1 atom stereocenters. The van der Waals surface area contributed by atoms with Gasteiger partial charge in [0.1, 0.15) is 11.6 Å². The second-order valence-corrected chi connectivity index (χ2v) is 5.83. The number of allylic oxidation sites excluding steroid dienone is 1. The van der Waals surface area contributed by atoms with Crippen LogP contribution in [0, 0.1) is 11.3 Å². The summed E-state index contributed by atoms with van der Waals surface area (Å²) in [4.78, 5) is 0. The number of benzene rings is 1. The average molecular weight is 345 g/mol. The Morgan fingerprint density at radius 2 is 2.17 bits per heavy atom. The number of hydrogen-bond acceptors (Lipinski definition) is 6. The number of halogens is 1. The Bertz CT molecular complexity index is 913. The van der Waals surface area contributed by atoms with E-state index in [0.717, 1.165) is 11.3 Å². The molecule has 1 unspecified atom stereocenters. The second kappa shape index (κ2) is 5.35. The summed E-state index contributed by atoms with van der Waals surface area (Å²) in [5.74, 6) is 1.07. The highest BCUT2D eigenvalue weighted by Gasteiger charge is 2.36. The van der Waals surface area contributed by atoms with E-state index < -0.39 is 5.92 Å². The molecule has 0 bridgehead atoms. The summed E-state index contributed by atoms with van der Waals surface area (Å²) in [5, 5.41) is 17.2. The van der Waals surface area contributed by atoms with Gasteiger partial charge in [-0.25, -0.2) is 0 Å². The lowest BCUT2D eigenvalue weighted by Gasteiger charge is -2.24. The first-order valence-electron chi connectivity index (χ1n) is 7.37. The third kappa shape index (κ3) is 2.00. The smallest absolute Gasteiger partial charge is 0.244 e. The minimum Gasteiger partial charge on any atom is -0.454 e. The largest absolute Gasteiger partial charge is 0.454 e. The number of nitrogens with zero attached hydrogens (tertiary/aromatic N) is 2. The quantitative estimate of drug-likeness (QED) is 0.867. The number of rotatable bonds is 2. The van der Waals surface area contributed by atoms with Crippen molar-refractivity contribution in [2.24, 2.45) is 5.73 Å². The van der Waals surface area contributed by atoms with Crippen LogP contribution in [0.5, 0.6) is 17.4 Å². The maximum atomic E-state index is 9.61. The van der Waals surface area contributed by atoms with Crippen molar-refractivity contribution in [3.8, 4) is 23.4 Å². The van der Waals surface area contributed by atoms with E-state index in [9.17, 15) is 5.26 Å². The van der Waals surface area contributed by atoms with Gasteiger partial charge in [0.05, 0.1) is 11.5 Å². The molecule has 0 aliphatic carbocycles. The molecule has 0 saturated heterocycles. The fourth-order valence-corrected chi connectivity index (χ4v) is 3.31. The Kier molecular flexibility index (Phi) is 3.28. The zero-order chi connectivity index (χ0) is 16.8. The summed E-state index contributed by atoms with van der Waals surface area (Å²) in [6, 6.07) is 5.60. The van der Waals surface area contributed by atoms with E-state index in [1.807, 2.05) is 6.92 Å². The Balaban J connectivity index is 1.96. The summed E-state index contributed by atoms with van der Waals surface area (Å²) in [6.07, 6.45) is 0.697. The van der Waals surface area contributed by atoms with Crippen LogP contribution in [0.25, 0.3) is 0 Å². The Hall–Kier alpha value is -2.85. The molecule has 7 nitrogen and oxygen atoms in total. The molecule has 0 saturated carbocycles. The van der Waals surface area contributed by atoms with Gasteiger partial charge in [0.25, 0.3) is 0 Å². The molecule has 0 fully saturated rings. The van der Waals surface area contributed by atoms with Gasteiger partial charge < -0.3 is 19.9 Å². The van der Waals surface area contributed by atoms with Crippen molar-refractivity contribution in [1.82, 2.24) is 10.2 Å². The van der Waals surface area contributed by atoms with Crippen LogP contribution in [0.4, 0.5) is 0 Å². The van der Waals surface area contributed by atoms with E-state index >= 15 is 0 Å². The lowest BCUT2D eigenvalue weighted by atomic mass is 9.83. The fourth-order valence-electron chi connectivity index (χ4n) is 3.04. The van der Waals surface area contributed by atoms with E-state index in [4.69, 9.17) is 31.5 Å². The first-order chi connectivity index (χ1) is 11.6. The van der Waals surface area contributed by atoms with Crippen LogP contribution in [0.1, 0.15) is 29.7 Å². The van der Waals surface area contributed by atoms with Crippen LogP contribution in [0.2, 0.25) is 5.02 Å². The molecule has 1 aromatic heterocycles. The number of hydrogen-bond donors (Lipinski definition) is 2. The maximum Gasteiger partial charge on any atom is 0.244 e. The molecule has 0 amide bonds. The van der Waals surface area contributed by atoms with Gasteiger partial charge in [0.2, 0.25) is 18.6 Å². The van der Waals surface area contributed by atoms with Gasteiger partial charge in [-0.15, -0.1) is 5.10 Å². The number of aromatic nitrogens is 2. The maximum absolute atomic E-state index is 9.61. The average Bonchev–Trinajstić information content (AvgIpc) is 3.18. The van der Waals surface area contributed by atoms with Crippen molar-refractivity contribution >= 4 is 11.6 Å². The third-order valence-electron chi connectivity index (χ3n) is 4.17. The van der Waals surface area contributed by atoms with Crippen LogP contribution >= 0.6 is 11.6 Å². The minimum atomic E-state index is -0.477. The highest BCUT2D eigenvalue weighted by atomic mass is 35.5. The third-order valence-corrected chi connectivity index (χ3v) is 4.50. The van der Waals surface area contributed by atoms with Gasteiger partial charge in [-0.3, -0.25) is 5.10 Å². The summed E-state index contributed by atoms with van der Waals surface area (Å²) in [6.45, 7) is 2.13. The van der Waals surface area contributed by atoms with Crippen molar-refractivity contribution in [3.63, 3.8) is 0 Å². The lowest BCUT2D eigenvalue weighted by molar-refractivity contribution is 0.174. The van der Waals surface area contributed by atoms with E-state index in [2.05, 4.69) is 16.3 Å². The normalized spacial score (nSPS) is 18.1. The van der Waals surface area contributed by atoms with Crippen molar-refractivity contribution in [2.75, 3.05) is 6.79 Å². The number of aromatic amines is 1. The van der Waals surface area contributed by atoms with Crippen molar-refractivity contribution in [1.29, 1.82) is 5.26 Å². The SMILES string of the molecule is CCc1[nH]nc2c1C(c1cc3c(cc1Cl)OCO3)C(C#N)=C(N)O2. The van der Waals surface area contributed by atoms with Crippen LogP contribution in [-0.4, -0.2) is 17.0 Å². The van der Waals surface area contributed by atoms with Gasteiger partial charge in [0.15, 0.2) is 11.5 Å². The molecule has 8 heteroatoms. The number of fused-ring (bicyclic) bond motifs is 2. The number of nitriles is 1. The number of aryl methyl sites for hydroxylation is 1. The fraction of sp³-hybridized carbons (Fsp3) is 0.250. The Morgan fingerprint density at radius 3 is 2.88 bits per heavy atom. The van der Waals surface area contributed by atoms with Gasteiger partial charge in [-0.1, -0.05) is 18.5 Å². The molecule has 1 aromatic carbocycles. The van der Waals surface area contributed by atoms with Gasteiger partial charge in [-0.05, 0) is 18.1 Å². The summed E-state index contributed by atoms with van der Waals surface area (Å²) in [7, 11) is 0. The number of nitrogens with one attached hydrogen (secondary N) is 1. The Labute approximate surface area is 142 Å². The molecule has 0 spiro atoms. The predicted octanol–water partition coefficient (Wildman–Crippen LogP) is 2.57. The number of nitrogens with two attached hydrogens (primary N) is 1. The zero-order valence-electron chi connectivity index (χ0n) is 12.7.